The second-order valence-electron chi connectivity index (χ2n) is 2.32. The fourth-order valence-electron chi connectivity index (χ4n) is 0.938. The van der Waals surface area contributed by atoms with Gasteiger partial charge in [0, 0.05) is 12.7 Å². The van der Waals surface area contributed by atoms with Gasteiger partial charge in [-0.2, -0.15) is 0 Å². The molecule has 0 aliphatic carbocycles. The summed E-state index contributed by atoms with van der Waals surface area (Å²) in [6.45, 7) is 7.73. The van der Waals surface area contributed by atoms with Crippen LogP contribution in [0.3, 0.4) is 0 Å². The van der Waals surface area contributed by atoms with Gasteiger partial charge in [0.1, 0.15) is 0 Å². The summed E-state index contributed by atoms with van der Waals surface area (Å²) in [7, 11) is 1.91. The lowest BCUT2D eigenvalue weighted by Gasteiger charge is -2.03. The lowest BCUT2D eigenvalue weighted by molar-refractivity contribution is 1.02. The van der Waals surface area contributed by atoms with Crippen molar-refractivity contribution in [1.82, 2.24) is 5.32 Å². The Balaban J connectivity index is 4.85. The van der Waals surface area contributed by atoms with Crippen LogP contribution in [0.4, 0.5) is 0 Å². The minimum absolute atomic E-state index is 1.09. The Morgan fingerprint density at radius 3 is 2.08 bits per heavy atom. The third kappa shape index (κ3) is 3.24. The summed E-state index contributed by atoms with van der Waals surface area (Å²) in [5, 5.41) is 3.11. The number of hydrogen-bond acceptors (Lipinski definition) is 1. The van der Waals surface area contributed by atoms with E-state index in [1.165, 1.54) is 0 Å². The third-order valence-electron chi connectivity index (χ3n) is 1.48. The van der Waals surface area contributed by atoms with E-state index in [9.17, 15) is 0 Å². The molecule has 0 saturated heterocycles. The summed E-state index contributed by atoms with van der Waals surface area (Å²) in [4.78, 5) is 0. The van der Waals surface area contributed by atoms with Gasteiger partial charge >= 0.3 is 0 Å². The van der Waals surface area contributed by atoms with Crippen LogP contribution in [0.25, 0.3) is 0 Å². The number of rotatable bonds is 4. The van der Waals surface area contributed by atoms with E-state index in [1.54, 1.807) is 0 Å². The molecule has 0 saturated carbocycles. The lowest BCUT2D eigenvalue weighted by Crippen LogP contribution is -2.05. The molecule has 0 unspecified atom stereocenters. The van der Waals surface area contributed by atoms with Crippen molar-refractivity contribution in [3.63, 3.8) is 0 Å². The molecule has 12 heavy (non-hydrogen) atoms. The van der Waals surface area contributed by atoms with Crippen LogP contribution >= 0.6 is 0 Å². The van der Waals surface area contributed by atoms with Crippen LogP contribution < -0.4 is 5.32 Å². The summed E-state index contributed by atoms with van der Waals surface area (Å²) < 4.78 is 0. The minimum Gasteiger partial charge on any atom is -0.388 e. The highest BCUT2D eigenvalue weighted by atomic mass is 14.8. The molecule has 0 spiro atoms. The smallest absolute Gasteiger partial charge is 0.0407 e. The predicted molar refractivity (Wildman–Crippen MR) is 55.9 cm³/mol. The van der Waals surface area contributed by atoms with Crippen LogP contribution in [0, 0.1) is 0 Å². The summed E-state index contributed by atoms with van der Waals surface area (Å²) in [6, 6.07) is 0. The van der Waals surface area contributed by atoms with Crippen molar-refractivity contribution in [1.29, 1.82) is 0 Å². The maximum atomic E-state index is 3.75. The number of allylic oxidation sites excluding steroid dienone is 6. The number of hydrogen-bond donors (Lipinski definition) is 1. The molecule has 0 radical (unpaired) electrons. The first-order chi connectivity index (χ1) is 5.79. The van der Waals surface area contributed by atoms with Gasteiger partial charge in [0.15, 0.2) is 0 Å². The van der Waals surface area contributed by atoms with E-state index in [0.717, 1.165) is 11.3 Å². The predicted octanol–water partition coefficient (Wildman–Crippen LogP) is 2.80. The first kappa shape index (κ1) is 10.8. The highest BCUT2D eigenvalue weighted by Gasteiger charge is 1.92. The molecule has 0 rings (SSSR count). The normalized spacial score (nSPS) is 13.6. The van der Waals surface area contributed by atoms with Crippen molar-refractivity contribution in [3.8, 4) is 0 Å². The molecule has 0 atom stereocenters. The zero-order chi connectivity index (χ0) is 9.40. The lowest BCUT2D eigenvalue weighted by atomic mass is 10.1. The molecule has 0 aromatic carbocycles. The van der Waals surface area contributed by atoms with E-state index in [4.69, 9.17) is 0 Å². The molecule has 0 fully saturated rings. The molecular formula is C11H17N. The van der Waals surface area contributed by atoms with Gasteiger partial charge in [-0.1, -0.05) is 30.9 Å². The Morgan fingerprint density at radius 1 is 1.17 bits per heavy atom. The van der Waals surface area contributed by atoms with Gasteiger partial charge in [0.05, 0.1) is 0 Å². The summed E-state index contributed by atoms with van der Waals surface area (Å²) >= 11 is 0. The van der Waals surface area contributed by atoms with Gasteiger partial charge in [-0.15, -0.1) is 0 Å². The fraction of sp³-hybridized carbons (Fsp3) is 0.273. The Hall–Kier alpha value is -1.24. The molecule has 66 valence electrons. The van der Waals surface area contributed by atoms with E-state index in [1.807, 2.05) is 51.3 Å². The first-order valence-electron chi connectivity index (χ1n) is 4.10. The minimum atomic E-state index is 1.09. The summed E-state index contributed by atoms with van der Waals surface area (Å²) in [5.74, 6) is 0. The average Bonchev–Trinajstić information content (AvgIpc) is 2.11. The molecule has 0 heterocycles. The van der Waals surface area contributed by atoms with Crippen molar-refractivity contribution in [3.05, 3.63) is 48.2 Å². The van der Waals surface area contributed by atoms with Crippen molar-refractivity contribution in [2.45, 2.75) is 13.8 Å². The zero-order valence-electron chi connectivity index (χ0n) is 8.09. The van der Waals surface area contributed by atoms with E-state index in [-0.39, 0.29) is 0 Å². The number of nitrogens with one attached hydrogen (secondary N) is 1. The zero-order valence-corrected chi connectivity index (χ0v) is 8.09. The molecule has 1 nitrogen and oxygen atoms in total. The van der Waals surface area contributed by atoms with Gasteiger partial charge < -0.3 is 5.32 Å². The molecule has 0 amide bonds. The Kier molecular flexibility index (Phi) is 5.80. The maximum absolute atomic E-state index is 3.75. The highest BCUT2D eigenvalue weighted by molar-refractivity contribution is 5.38. The molecule has 0 aromatic heterocycles. The molecule has 0 aliphatic rings. The monoisotopic (exact) mass is 163 g/mol. The van der Waals surface area contributed by atoms with Gasteiger partial charge in [0.2, 0.25) is 0 Å². The second-order valence-corrected chi connectivity index (χ2v) is 2.32. The molecule has 0 aliphatic heterocycles. The standard InChI is InChI=1S/C11H17N/c1-5-8-10(7-3)11(12-4)9-6-2/h5-9,12H,3H2,1-2,4H3/b8-5-,9-6-,11-10-. The Labute approximate surface area is 75.2 Å². The van der Waals surface area contributed by atoms with Crippen LogP contribution in [0.1, 0.15) is 13.8 Å². The van der Waals surface area contributed by atoms with Crippen molar-refractivity contribution >= 4 is 0 Å². The Morgan fingerprint density at radius 2 is 1.75 bits per heavy atom. The molecule has 0 bridgehead atoms. The van der Waals surface area contributed by atoms with Crippen LogP contribution in [-0.4, -0.2) is 7.05 Å². The van der Waals surface area contributed by atoms with Crippen LogP contribution in [0.15, 0.2) is 48.2 Å². The molecule has 0 aromatic rings. The van der Waals surface area contributed by atoms with Gasteiger partial charge in [-0.3, -0.25) is 0 Å². The van der Waals surface area contributed by atoms with E-state index in [2.05, 4.69) is 11.9 Å². The first-order valence-corrected chi connectivity index (χ1v) is 4.10. The van der Waals surface area contributed by atoms with E-state index < -0.39 is 0 Å². The summed E-state index contributed by atoms with van der Waals surface area (Å²) in [6.07, 6.45) is 9.89. The fourth-order valence-corrected chi connectivity index (χ4v) is 0.938. The molecule has 1 heteroatoms. The largest absolute Gasteiger partial charge is 0.388 e. The van der Waals surface area contributed by atoms with E-state index >= 15 is 0 Å². The average molecular weight is 163 g/mol. The molecular weight excluding hydrogens is 146 g/mol. The second kappa shape index (κ2) is 6.47. The van der Waals surface area contributed by atoms with Crippen LogP contribution in [0.5, 0.6) is 0 Å². The molecule has 1 N–H and O–H groups in total. The van der Waals surface area contributed by atoms with E-state index in [0.29, 0.717) is 0 Å². The third-order valence-corrected chi connectivity index (χ3v) is 1.48. The van der Waals surface area contributed by atoms with Gasteiger partial charge in [-0.25, -0.2) is 0 Å². The topological polar surface area (TPSA) is 12.0 Å². The van der Waals surface area contributed by atoms with Gasteiger partial charge in [-0.05, 0) is 25.5 Å². The van der Waals surface area contributed by atoms with Crippen molar-refractivity contribution in [2.75, 3.05) is 7.05 Å². The SMILES string of the molecule is C=CC(/C=C\C)=C(\C=C/C)NC. The van der Waals surface area contributed by atoms with Crippen LogP contribution in [-0.2, 0) is 0 Å². The Bertz CT molecular complexity index is 219. The maximum Gasteiger partial charge on any atom is 0.0407 e. The van der Waals surface area contributed by atoms with Gasteiger partial charge in [0.25, 0.3) is 0 Å². The highest BCUT2D eigenvalue weighted by Crippen LogP contribution is 2.05. The number of likely N-dealkylation sites (N-methyl/N-ethyl adjacent to an activating group) is 1. The van der Waals surface area contributed by atoms with Crippen LogP contribution in [0.2, 0.25) is 0 Å². The quantitative estimate of drug-likeness (QED) is 0.628. The van der Waals surface area contributed by atoms with Crippen molar-refractivity contribution in [2.24, 2.45) is 0 Å². The summed E-state index contributed by atoms with van der Waals surface area (Å²) in [5.41, 5.74) is 2.20. The van der Waals surface area contributed by atoms with Crippen molar-refractivity contribution < 1.29 is 0 Å².